The van der Waals surface area contributed by atoms with Crippen molar-refractivity contribution >= 4 is 39.6 Å². The van der Waals surface area contributed by atoms with Gasteiger partial charge in [-0.05, 0) is 47.2 Å². The van der Waals surface area contributed by atoms with Gasteiger partial charge < -0.3 is 10.2 Å². The Morgan fingerprint density at radius 3 is 3.09 bits per heavy atom. The molecular weight excluding hydrogens is 366 g/mol. The molecule has 4 atom stereocenters. The van der Waals surface area contributed by atoms with E-state index in [1.807, 2.05) is 11.4 Å². The molecule has 3 rings (SSSR count). The van der Waals surface area contributed by atoms with Crippen molar-refractivity contribution in [3.63, 3.8) is 0 Å². The zero-order chi connectivity index (χ0) is 15.7. The number of piperidine rings is 1. The predicted octanol–water partition coefficient (Wildman–Crippen LogP) is 2.07. The van der Waals surface area contributed by atoms with Crippen LogP contribution in [0.3, 0.4) is 0 Å². The number of nitriles is 1. The molecule has 22 heavy (non-hydrogen) atoms. The summed E-state index contributed by atoms with van der Waals surface area (Å²) in [5.41, 5.74) is 0. The molecule has 116 valence electrons. The van der Waals surface area contributed by atoms with E-state index < -0.39 is 12.1 Å². The molecule has 7 heteroatoms. The number of rotatable bonds is 5. The van der Waals surface area contributed by atoms with E-state index in [0.717, 1.165) is 35.0 Å². The molecule has 2 bridgehead atoms. The molecule has 2 aliphatic rings. The molecule has 2 fully saturated rings. The number of halogens is 1. The third kappa shape index (κ3) is 2.90. The number of nitrogens with zero attached hydrogens (tertiary/aromatic N) is 2. The Bertz CT molecular complexity index is 627. The summed E-state index contributed by atoms with van der Waals surface area (Å²) in [5, 5.41) is 14.0. The molecule has 1 saturated heterocycles. The third-order valence-corrected chi connectivity index (χ3v) is 6.24. The van der Waals surface area contributed by atoms with Gasteiger partial charge in [-0.25, -0.2) is 0 Å². The molecule has 1 aromatic rings. The lowest BCUT2D eigenvalue weighted by atomic mass is 9.98. The van der Waals surface area contributed by atoms with E-state index in [2.05, 4.69) is 27.3 Å². The predicted molar refractivity (Wildman–Crippen MR) is 86.1 cm³/mol. The Morgan fingerprint density at radius 1 is 1.64 bits per heavy atom. The first-order valence-corrected chi connectivity index (χ1v) is 8.95. The number of fused-ring (bicyclic) bond motifs is 2. The topological polar surface area (TPSA) is 73.2 Å². The second kappa shape index (κ2) is 6.39. The summed E-state index contributed by atoms with van der Waals surface area (Å²) in [6, 6.07) is 3.33. The Kier molecular flexibility index (Phi) is 4.50. The maximum Gasteiger partial charge on any atom is 0.244 e. The molecule has 0 aromatic carbocycles. The van der Waals surface area contributed by atoms with Crippen molar-refractivity contribution in [1.82, 2.24) is 10.2 Å². The summed E-state index contributed by atoms with van der Waals surface area (Å²) in [6.07, 6.45) is 4.15. The Balaban J connectivity index is 1.65. The second-order valence-electron chi connectivity index (χ2n) is 5.85. The van der Waals surface area contributed by atoms with E-state index in [0.29, 0.717) is 6.42 Å². The van der Waals surface area contributed by atoms with Crippen molar-refractivity contribution in [2.24, 2.45) is 5.92 Å². The van der Waals surface area contributed by atoms with Crippen LogP contribution in [-0.2, 0) is 16.0 Å². The lowest BCUT2D eigenvalue weighted by molar-refractivity contribution is -0.135. The molecule has 1 saturated carbocycles. The van der Waals surface area contributed by atoms with E-state index in [1.165, 1.54) is 0 Å². The first-order chi connectivity index (χ1) is 10.6. The quantitative estimate of drug-likeness (QED) is 0.793. The largest absolute Gasteiger partial charge is 0.338 e. The number of likely N-dealkylation sites (tertiary alicyclic amines) is 1. The Hall–Kier alpha value is -1.39. The van der Waals surface area contributed by atoms with E-state index in [9.17, 15) is 14.9 Å². The molecular formula is C15H16BrN3O2S. The van der Waals surface area contributed by atoms with Crippen LogP contribution in [0.5, 0.6) is 0 Å². The van der Waals surface area contributed by atoms with Gasteiger partial charge in [0, 0.05) is 27.2 Å². The summed E-state index contributed by atoms with van der Waals surface area (Å²) in [7, 11) is 0. The van der Waals surface area contributed by atoms with E-state index >= 15 is 0 Å². The number of thiophene rings is 1. The highest BCUT2D eigenvalue weighted by molar-refractivity contribution is 9.10. The number of carbonyl (C=O) groups excluding carboxylic acids is 2. The van der Waals surface area contributed by atoms with Gasteiger partial charge in [-0.2, -0.15) is 5.26 Å². The van der Waals surface area contributed by atoms with Gasteiger partial charge in [-0.15, -0.1) is 11.3 Å². The van der Waals surface area contributed by atoms with Gasteiger partial charge in [0.05, 0.1) is 6.07 Å². The van der Waals surface area contributed by atoms with Gasteiger partial charge in [-0.1, -0.05) is 0 Å². The molecule has 5 nitrogen and oxygen atoms in total. The van der Waals surface area contributed by atoms with Crippen molar-refractivity contribution in [2.45, 2.75) is 43.8 Å². The van der Waals surface area contributed by atoms with Crippen LogP contribution < -0.4 is 5.32 Å². The standard InChI is InChI=1S/C15H16BrN3O2S/c16-10-4-13(22-7-10)5-11(6-17)18-15(21)14-9-1-2-12(3-9)19(14)8-20/h4,7-9,11-12,14H,1-3,5H2,(H,18,21)/t9-,11?,12+,14-/m0/s1. The number of nitrogens with one attached hydrogen (secondary N) is 1. The molecule has 1 aliphatic heterocycles. The van der Waals surface area contributed by atoms with E-state index in [-0.39, 0.29) is 17.9 Å². The third-order valence-electron chi connectivity index (χ3n) is 4.52. The molecule has 2 amide bonds. The van der Waals surface area contributed by atoms with Crippen LogP contribution >= 0.6 is 27.3 Å². The Morgan fingerprint density at radius 2 is 2.45 bits per heavy atom. The Labute approximate surface area is 141 Å². The van der Waals surface area contributed by atoms with Crippen LogP contribution in [0.15, 0.2) is 15.9 Å². The van der Waals surface area contributed by atoms with Gasteiger partial charge in [0.25, 0.3) is 0 Å². The fourth-order valence-electron chi connectivity index (χ4n) is 3.57. The summed E-state index contributed by atoms with van der Waals surface area (Å²) in [6.45, 7) is 0. The molecule has 1 N–H and O–H groups in total. The average Bonchev–Trinajstić information content (AvgIpc) is 3.21. The van der Waals surface area contributed by atoms with Crippen molar-refractivity contribution in [3.05, 3.63) is 20.8 Å². The van der Waals surface area contributed by atoms with Crippen molar-refractivity contribution in [2.75, 3.05) is 0 Å². The molecule has 2 heterocycles. The van der Waals surface area contributed by atoms with Crippen LogP contribution in [0, 0.1) is 17.2 Å². The molecule has 0 radical (unpaired) electrons. The minimum atomic E-state index is -0.564. The molecule has 1 unspecified atom stereocenters. The summed E-state index contributed by atoms with van der Waals surface area (Å²) >= 11 is 4.94. The summed E-state index contributed by atoms with van der Waals surface area (Å²) in [5.74, 6) is 0.0481. The fourth-order valence-corrected chi connectivity index (χ4v) is 5.07. The van der Waals surface area contributed by atoms with E-state index in [1.54, 1.807) is 16.2 Å². The number of hydrogen-bond donors (Lipinski definition) is 1. The van der Waals surface area contributed by atoms with Crippen LogP contribution in [0.2, 0.25) is 0 Å². The van der Waals surface area contributed by atoms with Crippen LogP contribution in [0.25, 0.3) is 0 Å². The highest BCUT2D eigenvalue weighted by Gasteiger charge is 2.48. The zero-order valence-corrected chi connectivity index (χ0v) is 14.3. The van der Waals surface area contributed by atoms with Gasteiger partial charge >= 0.3 is 0 Å². The summed E-state index contributed by atoms with van der Waals surface area (Å²) < 4.78 is 0.982. The highest BCUT2D eigenvalue weighted by Crippen LogP contribution is 2.41. The van der Waals surface area contributed by atoms with Gasteiger partial charge in [0.2, 0.25) is 12.3 Å². The number of carbonyl (C=O) groups is 2. The monoisotopic (exact) mass is 381 g/mol. The van der Waals surface area contributed by atoms with Crippen molar-refractivity contribution in [1.29, 1.82) is 5.26 Å². The lowest BCUT2D eigenvalue weighted by Gasteiger charge is -2.31. The fraction of sp³-hybridized carbons (Fsp3) is 0.533. The first-order valence-electron chi connectivity index (χ1n) is 7.28. The van der Waals surface area contributed by atoms with E-state index in [4.69, 9.17) is 0 Å². The second-order valence-corrected chi connectivity index (χ2v) is 7.76. The molecule has 1 aliphatic carbocycles. The number of hydrogen-bond acceptors (Lipinski definition) is 4. The smallest absolute Gasteiger partial charge is 0.244 e. The lowest BCUT2D eigenvalue weighted by Crippen LogP contribution is -2.52. The SMILES string of the molecule is N#CC(Cc1cc(Br)cs1)NC(=O)[C@@H]1[C@H]2CC[C@H](C2)N1C=O. The minimum absolute atomic E-state index is 0.193. The average molecular weight is 382 g/mol. The van der Waals surface area contributed by atoms with Gasteiger partial charge in [0.15, 0.2) is 0 Å². The minimum Gasteiger partial charge on any atom is -0.338 e. The van der Waals surface area contributed by atoms with Gasteiger partial charge in [-0.3, -0.25) is 9.59 Å². The molecule has 1 aromatic heterocycles. The highest BCUT2D eigenvalue weighted by atomic mass is 79.9. The number of amides is 2. The first kappa shape index (κ1) is 15.5. The summed E-state index contributed by atoms with van der Waals surface area (Å²) in [4.78, 5) is 26.4. The van der Waals surface area contributed by atoms with Gasteiger partial charge in [0.1, 0.15) is 12.1 Å². The maximum absolute atomic E-state index is 12.5. The van der Waals surface area contributed by atoms with Crippen molar-refractivity contribution in [3.8, 4) is 6.07 Å². The van der Waals surface area contributed by atoms with Crippen LogP contribution in [-0.4, -0.2) is 35.3 Å². The zero-order valence-electron chi connectivity index (χ0n) is 11.9. The van der Waals surface area contributed by atoms with Crippen molar-refractivity contribution < 1.29 is 9.59 Å². The maximum atomic E-state index is 12.5. The van der Waals surface area contributed by atoms with Crippen LogP contribution in [0.4, 0.5) is 0 Å². The van der Waals surface area contributed by atoms with Crippen LogP contribution in [0.1, 0.15) is 24.1 Å². The molecule has 0 spiro atoms. The normalized spacial score (nSPS) is 27.5.